The highest BCUT2D eigenvalue weighted by Gasteiger charge is 2.48. The number of aliphatic hydroxyl groups is 2. The molecular weight excluding hydrogens is 206 g/mol. The Hall–Kier alpha value is -0.500. The number of hydrogen-bond acceptors (Lipinski definition) is 2. The van der Waals surface area contributed by atoms with Gasteiger partial charge >= 0.3 is 6.04 Å². The maximum absolute atomic E-state index is 12.1. The zero-order chi connectivity index (χ0) is 10.8. The van der Waals surface area contributed by atoms with Crippen LogP contribution in [0.15, 0.2) is 0 Å². The zero-order valence-electron chi connectivity index (χ0n) is 5.97. The van der Waals surface area contributed by atoms with Gasteiger partial charge in [-0.25, -0.2) is 22.0 Å². The molecule has 0 bridgehead atoms. The summed E-state index contributed by atoms with van der Waals surface area (Å²) in [4.78, 5) is 0. The first-order chi connectivity index (χ1) is 5.68. The second-order valence-corrected chi connectivity index (χ2v) is 2.26. The Balaban J connectivity index is 4.34. The van der Waals surface area contributed by atoms with E-state index in [1.54, 1.807) is 0 Å². The van der Waals surface area contributed by atoms with E-state index in [4.69, 9.17) is 10.2 Å². The molecule has 80 valence electrons. The highest BCUT2D eigenvalue weighted by Crippen LogP contribution is 2.24. The van der Waals surface area contributed by atoms with Crippen LogP contribution in [0.25, 0.3) is 0 Å². The smallest absolute Gasteiger partial charge is 0.338 e. The summed E-state index contributed by atoms with van der Waals surface area (Å²) in [5.41, 5.74) is 0. The fraction of sp³-hybridized carbons (Fsp3) is 1.00. The van der Waals surface area contributed by atoms with Gasteiger partial charge in [-0.05, 0) is 0 Å². The molecule has 0 saturated heterocycles. The molecule has 13 heavy (non-hydrogen) atoms. The van der Waals surface area contributed by atoms with Crippen molar-refractivity contribution in [1.29, 1.82) is 0 Å². The molecule has 0 fully saturated rings. The molecule has 0 amide bonds. The maximum Gasteiger partial charge on any atom is 0.350 e. The number of halogens is 6. The molecule has 0 aliphatic heterocycles. The maximum atomic E-state index is 12.1. The van der Waals surface area contributed by atoms with Gasteiger partial charge in [0, 0.05) is 0 Å². The highest BCUT2D eigenvalue weighted by molar-refractivity contribution is 4.82. The van der Waals surface area contributed by atoms with Crippen LogP contribution in [0.2, 0.25) is 0 Å². The van der Waals surface area contributed by atoms with E-state index in [0.717, 1.165) is 0 Å². The predicted molar refractivity (Wildman–Crippen MR) is 29.0 cm³/mol. The van der Waals surface area contributed by atoms with Gasteiger partial charge in [-0.15, -0.1) is 0 Å². The van der Waals surface area contributed by atoms with E-state index in [0.29, 0.717) is 0 Å². The lowest BCUT2D eigenvalue weighted by Gasteiger charge is -2.21. The second kappa shape index (κ2) is 4.14. The normalized spacial score (nSPS) is 20.1. The van der Waals surface area contributed by atoms with Crippen LogP contribution in [0.1, 0.15) is 0 Å². The Kier molecular flexibility index (Phi) is 3.98. The van der Waals surface area contributed by atoms with Crippen molar-refractivity contribution >= 4 is 0 Å². The van der Waals surface area contributed by atoms with Gasteiger partial charge in [0.1, 0.15) is 0 Å². The molecule has 0 spiro atoms. The van der Waals surface area contributed by atoms with Crippen LogP contribution in [0.4, 0.5) is 26.3 Å². The third kappa shape index (κ3) is 3.39. The van der Waals surface area contributed by atoms with Crippen LogP contribution < -0.4 is 0 Å². The Morgan fingerprint density at radius 1 is 0.846 bits per heavy atom. The van der Waals surface area contributed by atoms with E-state index in [1.165, 1.54) is 0 Å². The molecule has 0 aromatic carbocycles. The van der Waals surface area contributed by atoms with E-state index in [1.807, 2.05) is 0 Å². The summed E-state index contributed by atoms with van der Waals surface area (Å²) in [5.74, 6) is 0. The molecule has 0 radical (unpaired) electrons. The van der Waals surface area contributed by atoms with Crippen molar-refractivity contribution in [1.82, 2.24) is 0 Å². The van der Waals surface area contributed by atoms with Gasteiger partial charge < -0.3 is 10.2 Å². The molecule has 0 aliphatic carbocycles. The summed E-state index contributed by atoms with van der Waals surface area (Å²) in [7, 11) is 0. The van der Waals surface area contributed by atoms with Gasteiger partial charge in [-0.2, -0.15) is 4.39 Å². The standard InChI is InChI=1S/C5H6F6O2/c6-1(2(7)4(9)10)3(8)5(11,12)13/h1-4,12-13H. The van der Waals surface area contributed by atoms with Gasteiger partial charge in [0.25, 0.3) is 6.43 Å². The molecule has 0 aromatic heterocycles. The second-order valence-electron chi connectivity index (χ2n) is 2.26. The molecule has 0 rings (SSSR count). The van der Waals surface area contributed by atoms with Gasteiger partial charge in [0.05, 0.1) is 0 Å². The van der Waals surface area contributed by atoms with Crippen molar-refractivity contribution < 1.29 is 36.6 Å². The molecular formula is C5H6F6O2. The lowest BCUT2D eigenvalue weighted by Crippen LogP contribution is -2.46. The molecule has 0 aliphatic rings. The van der Waals surface area contributed by atoms with Crippen LogP contribution in [0.3, 0.4) is 0 Å². The Morgan fingerprint density at radius 3 is 1.46 bits per heavy atom. The third-order valence-electron chi connectivity index (χ3n) is 1.18. The minimum Gasteiger partial charge on any atom is -0.338 e. The van der Waals surface area contributed by atoms with Crippen LogP contribution in [-0.4, -0.2) is 41.2 Å². The molecule has 3 unspecified atom stereocenters. The summed E-state index contributed by atoms with van der Waals surface area (Å²) in [6, 6.07) is -4.67. The number of alkyl halides is 6. The summed E-state index contributed by atoms with van der Waals surface area (Å²) in [5, 5.41) is 15.5. The number of hydrogen-bond donors (Lipinski definition) is 2. The topological polar surface area (TPSA) is 40.5 Å². The van der Waals surface area contributed by atoms with E-state index in [-0.39, 0.29) is 0 Å². The highest BCUT2D eigenvalue weighted by atomic mass is 19.3. The molecule has 0 saturated carbocycles. The minimum absolute atomic E-state index is 3.61. The van der Waals surface area contributed by atoms with Crippen molar-refractivity contribution in [2.45, 2.75) is 31.0 Å². The number of rotatable bonds is 4. The average Bonchev–Trinajstić information content (AvgIpc) is 1.98. The quantitative estimate of drug-likeness (QED) is 0.536. The monoisotopic (exact) mass is 212 g/mol. The van der Waals surface area contributed by atoms with Crippen molar-refractivity contribution in [3.05, 3.63) is 0 Å². The summed E-state index contributed by atoms with van der Waals surface area (Å²) in [6.07, 6.45) is -14.9. The van der Waals surface area contributed by atoms with Crippen LogP contribution >= 0.6 is 0 Å². The van der Waals surface area contributed by atoms with E-state index >= 15 is 0 Å². The van der Waals surface area contributed by atoms with Crippen molar-refractivity contribution in [3.63, 3.8) is 0 Å². The summed E-state index contributed by atoms with van der Waals surface area (Å²) < 4.78 is 70.6. The van der Waals surface area contributed by atoms with Gasteiger partial charge in [0.2, 0.25) is 6.17 Å². The molecule has 0 heterocycles. The van der Waals surface area contributed by atoms with Crippen molar-refractivity contribution in [2.75, 3.05) is 0 Å². The van der Waals surface area contributed by atoms with E-state index in [9.17, 15) is 26.3 Å². The van der Waals surface area contributed by atoms with Crippen LogP contribution in [0.5, 0.6) is 0 Å². The van der Waals surface area contributed by atoms with Gasteiger partial charge in [-0.3, -0.25) is 0 Å². The first-order valence-corrected chi connectivity index (χ1v) is 3.02. The summed E-state index contributed by atoms with van der Waals surface area (Å²) in [6.45, 7) is 0. The third-order valence-corrected chi connectivity index (χ3v) is 1.18. The van der Waals surface area contributed by atoms with E-state index in [2.05, 4.69) is 0 Å². The van der Waals surface area contributed by atoms with Crippen LogP contribution in [-0.2, 0) is 0 Å². The zero-order valence-corrected chi connectivity index (χ0v) is 5.97. The molecule has 3 atom stereocenters. The lowest BCUT2D eigenvalue weighted by molar-refractivity contribution is -0.307. The van der Waals surface area contributed by atoms with Gasteiger partial charge in [0.15, 0.2) is 12.3 Å². The average molecular weight is 212 g/mol. The van der Waals surface area contributed by atoms with E-state index < -0.39 is 31.0 Å². The Labute approximate surface area is 68.8 Å². The lowest BCUT2D eigenvalue weighted by atomic mass is 10.1. The molecule has 8 heteroatoms. The van der Waals surface area contributed by atoms with Crippen molar-refractivity contribution in [3.8, 4) is 0 Å². The Morgan fingerprint density at radius 2 is 1.23 bits per heavy atom. The molecule has 2 N–H and O–H groups in total. The molecule has 2 nitrogen and oxygen atoms in total. The fourth-order valence-corrected chi connectivity index (χ4v) is 0.503. The van der Waals surface area contributed by atoms with Crippen molar-refractivity contribution in [2.24, 2.45) is 0 Å². The minimum atomic E-state index is -4.67. The molecule has 0 aromatic rings. The van der Waals surface area contributed by atoms with Crippen LogP contribution in [0, 0.1) is 0 Å². The largest absolute Gasteiger partial charge is 0.350 e. The van der Waals surface area contributed by atoms with Gasteiger partial charge in [-0.1, -0.05) is 0 Å². The SMILES string of the molecule is OC(O)(F)C(F)C(F)C(F)C(F)F. The predicted octanol–water partition coefficient (Wildman–Crippen LogP) is 0.874. The summed E-state index contributed by atoms with van der Waals surface area (Å²) >= 11 is 0. The fourth-order valence-electron chi connectivity index (χ4n) is 0.503. The first-order valence-electron chi connectivity index (χ1n) is 3.02. The first kappa shape index (κ1) is 12.5. The Bertz CT molecular complexity index is 158.